The molecule has 5 nitrogen and oxygen atoms in total. The third-order valence-electron chi connectivity index (χ3n) is 2.21. The quantitative estimate of drug-likeness (QED) is 0.787. The van der Waals surface area contributed by atoms with Crippen LogP contribution in [0.2, 0.25) is 0 Å². The molecule has 0 saturated carbocycles. The molecule has 9 heteroatoms. The number of nitrogens with zero attached hydrogens (tertiary/aromatic N) is 2. The van der Waals surface area contributed by atoms with Gasteiger partial charge in [0.2, 0.25) is 0 Å². The summed E-state index contributed by atoms with van der Waals surface area (Å²) in [6.45, 7) is 3.59. The lowest BCUT2D eigenvalue weighted by atomic mass is 10.2. The van der Waals surface area contributed by atoms with Crippen molar-refractivity contribution >= 4 is 23.4 Å². The smallest absolute Gasteiger partial charge is 0.441 e. The fourth-order valence-corrected chi connectivity index (χ4v) is 1.75. The minimum absolute atomic E-state index is 0.0329. The van der Waals surface area contributed by atoms with Crippen LogP contribution in [0.5, 0.6) is 0 Å². The van der Waals surface area contributed by atoms with Crippen molar-refractivity contribution in [2.24, 2.45) is 0 Å². The van der Waals surface area contributed by atoms with Crippen molar-refractivity contribution < 1.29 is 23.1 Å². The van der Waals surface area contributed by atoms with Crippen LogP contribution in [0.15, 0.2) is 6.20 Å². The summed E-state index contributed by atoms with van der Waals surface area (Å²) in [5, 5.41) is 11.6. The van der Waals surface area contributed by atoms with E-state index in [-0.39, 0.29) is 41.4 Å². The molecule has 20 heavy (non-hydrogen) atoms. The largest absolute Gasteiger partial charge is 0.476 e. The van der Waals surface area contributed by atoms with E-state index in [2.05, 4.69) is 15.3 Å². The zero-order valence-corrected chi connectivity index (χ0v) is 11.7. The van der Waals surface area contributed by atoms with Crippen LogP contribution < -0.4 is 5.32 Å². The van der Waals surface area contributed by atoms with Crippen molar-refractivity contribution in [3.05, 3.63) is 17.7 Å². The van der Waals surface area contributed by atoms with Crippen molar-refractivity contribution in [3.63, 3.8) is 0 Å². The van der Waals surface area contributed by atoms with Gasteiger partial charge in [-0.05, 0) is 11.8 Å². The molecular weight excluding hydrogens is 295 g/mol. The number of alkyl halides is 3. The van der Waals surface area contributed by atoms with E-state index < -0.39 is 11.5 Å². The average Bonchev–Trinajstić information content (AvgIpc) is 2.33. The maximum atomic E-state index is 11.9. The van der Waals surface area contributed by atoms with Gasteiger partial charge in [0, 0.05) is 18.2 Å². The van der Waals surface area contributed by atoms with Gasteiger partial charge in [-0.25, -0.2) is 14.8 Å². The molecule has 0 amide bonds. The molecule has 1 aromatic rings. The fraction of sp³-hybridized carbons (Fsp3) is 0.545. The van der Waals surface area contributed by atoms with E-state index in [0.717, 1.165) is 0 Å². The molecule has 0 aliphatic carbocycles. The molecule has 0 fully saturated rings. The van der Waals surface area contributed by atoms with E-state index in [0.29, 0.717) is 5.82 Å². The lowest BCUT2D eigenvalue weighted by Crippen LogP contribution is -2.15. The van der Waals surface area contributed by atoms with Gasteiger partial charge in [0.05, 0.1) is 11.9 Å². The normalized spacial score (nSPS) is 11.7. The molecule has 0 aromatic carbocycles. The summed E-state index contributed by atoms with van der Waals surface area (Å²) in [6, 6.07) is 0. The van der Waals surface area contributed by atoms with Gasteiger partial charge in [-0.15, -0.1) is 0 Å². The first-order valence-electron chi connectivity index (χ1n) is 5.75. The number of carboxylic acids is 1. The second-order valence-electron chi connectivity index (χ2n) is 4.17. The highest BCUT2D eigenvalue weighted by molar-refractivity contribution is 8.00. The first-order valence-corrected chi connectivity index (χ1v) is 6.74. The van der Waals surface area contributed by atoms with Gasteiger partial charge in [-0.3, -0.25) is 0 Å². The van der Waals surface area contributed by atoms with E-state index in [1.165, 1.54) is 6.20 Å². The van der Waals surface area contributed by atoms with Crippen molar-refractivity contribution in [3.8, 4) is 0 Å². The molecule has 0 aliphatic heterocycles. The Labute approximate surface area is 118 Å². The van der Waals surface area contributed by atoms with Crippen molar-refractivity contribution in [1.82, 2.24) is 9.97 Å². The Morgan fingerprint density at radius 3 is 2.65 bits per heavy atom. The molecule has 0 bridgehead atoms. The molecule has 1 aromatic heterocycles. The monoisotopic (exact) mass is 309 g/mol. The van der Waals surface area contributed by atoms with Gasteiger partial charge in [0.15, 0.2) is 5.69 Å². The van der Waals surface area contributed by atoms with Crippen molar-refractivity contribution in [1.29, 1.82) is 0 Å². The van der Waals surface area contributed by atoms with Gasteiger partial charge in [-0.1, -0.05) is 13.8 Å². The maximum absolute atomic E-state index is 11.9. The molecule has 112 valence electrons. The predicted molar refractivity (Wildman–Crippen MR) is 70.1 cm³/mol. The van der Waals surface area contributed by atoms with E-state index in [1.54, 1.807) is 0 Å². The second-order valence-corrected chi connectivity index (χ2v) is 5.33. The fourth-order valence-electron chi connectivity index (χ4n) is 1.32. The Kier molecular flexibility index (Phi) is 5.61. The highest BCUT2D eigenvalue weighted by atomic mass is 32.2. The molecule has 2 N–H and O–H groups in total. The van der Waals surface area contributed by atoms with Crippen LogP contribution in [0.4, 0.5) is 18.9 Å². The molecule has 0 atom stereocenters. The third kappa shape index (κ3) is 5.24. The molecular formula is C11H14F3N3O2S. The maximum Gasteiger partial charge on any atom is 0.441 e. The number of aromatic carboxylic acids is 1. The van der Waals surface area contributed by atoms with Crippen LogP contribution in [0.1, 0.15) is 36.1 Å². The first-order chi connectivity index (χ1) is 9.20. The zero-order valence-electron chi connectivity index (χ0n) is 10.9. The summed E-state index contributed by atoms with van der Waals surface area (Å²) in [6.07, 6.45) is 1.28. The third-order valence-corrected chi connectivity index (χ3v) is 2.95. The molecule has 1 rings (SSSR count). The number of halogens is 3. The van der Waals surface area contributed by atoms with Gasteiger partial charge in [0.25, 0.3) is 0 Å². The summed E-state index contributed by atoms with van der Waals surface area (Å²) in [5.41, 5.74) is -4.42. The van der Waals surface area contributed by atoms with Crippen LogP contribution in [-0.2, 0) is 0 Å². The van der Waals surface area contributed by atoms with E-state index in [4.69, 9.17) is 5.11 Å². The second kappa shape index (κ2) is 6.78. The molecule has 0 aliphatic rings. The van der Waals surface area contributed by atoms with Gasteiger partial charge >= 0.3 is 11.5 Å². The molecule has 1 heterocycles. The Bertz CT molecular complexity index is 480. The number of hydrogen-bond donors (Lipinski definition) is 2. The Morgan fingerprint density at radius 1 is 1.50 bits per heavy atom. The lowest BCUT2D eigenvalue weighted by molar-refractivity contribution is -0.0327. The minimum atomic E-state index is -4.30. The zero-order chi connectivity index (χ0) is 15.3. The van der Waals surface area contributed by atoms with E-state index >= 15 is 0 Å². The highest BCUT2D eigenvalue weighted by Crippen LogP contribution is 2.29. The van der Waals surface area contributed by atoms with Gasteiger partial charge < -0.3 is 10.4 Å². The van der Waals surface area contributed by atoms with Gasteiger partial charge in [-0.2, -0.15) is 13.2 Å². The lowest BCUT2D eigenvalue weighted by Gasteiger charge is -2.11. The van der Waals surface area contributed by atoms with Crippen molar-refractivity contribution in [2.45, 2.75) is 25.3 Å². The van der Waals surface area contributed by atoms with Crippen LogP contribution in [0, 0.1) is 0 Å². The summed E-state index contributed by atoms with van der Waals surface area (Å²) in [7, 11) is 0. The van der Waals surface area contributed by atoms with Crippen LogP contribution in [-0.4, -0.2) is 38.8 Å². The summed E-state index contributed by atoms with van der Waals surface area (Å²) in [5.74, 6) is -1.14. The molecule has 0 spiro atoms. The van der Waals surface area contributed by atoms with Crippen LogP contribution in [0.25, 0.3) is 0 Å². The topological polar surface area (TPSA) is 75.1 Å². The predicted octanol–water partition coefficient (Wildman–Crippen LogP) is 2.96. The number of anilines is 1. The number of thioether (sulfide) groups is 1. The first kappa shape index (κ1) is 16.5. The van der Waals surface area contributed by atoms with Crippen LogP contribution >= 0.6 is 11.8 Å². The van der Waals surface area contributed by atoms with Gasteiger partial charge in [0.1, 0.15) is 5.82 Å². The molecule has 0 saturated heterocycles. The van der Waals surface area contributed by atoms with Crippen molar-refractivity contribution in [2.75, 3.05) is 17.6 Å². The number of carbonyl (C=O) groups is 1. The Hall–Kier alpha value is -1.51. The standard InChI is InChI=1S/C11H14F3N3O2S/c1-6(2)9-16-5-7(8(17-9)10(18)19)15-3-4-20-11(12,13)14/h5-6,15H,3-4H2,1-2H3,(H,18,19). The summed E-state index contributed by atoms with van der Waals surface area (Å²) in [4.78, 5) is 19.0. The van der Waals surface area contributed by atoms with E-state index in [9.17, 15) is 18.0 Å². The SMILES string of the molecule is CC(C)c1ncc(NCCSC(F)(F)F)c(C(=O)O)n1. The Balaban J connectivity index is 2.72. The highest BCUT2D eigenvalue weighted by Gasteiger charge is 2.27. The number of aromatic nitrogens is 2. The summed E-state index contributed by atoms with van der Waals surface area (Å²) >= 11 is -0.176. The number of nitrogens with one attached hydrogen (secondary N) is 1. The number of rotatable bonds is 6. The summed E-state index contributed by atoms with van der Waals surface area (Å²) < 4.78 is 35.8. The van der Waals surface area contributed by atoms with Crippen LogP contribution in [0.3, 0.4) is 0 Å². The Morgan fingerprint density at radius 2 is 2.15 bits per heavy atom. The molecule has 0 unspecified atom stereocenters. The number of carboxylic acid groups (broad SMARTS) is 1. The number of hydrogen-bond acceptors (Lipinski definition) is 5. The average molecular weight is 309 g/mol. The molecule has 0 radical (unpaired) electrons. The van der Waals surface area contributed by atoms with E-state index in [1.807, 2.05) is 13.8 Å². The minimum Gasteiger partial charge on any atom is -0.476 e.